The van der Waals surface area contributed by atoms with E-state index in [2.05, 4.69) is 20.2 Å². The van der Waals surface area contributed by atoms with Gasteiger partial charge < -0.3 is 15.7 Å². The minimum atomic E-state index is -0.886. The Morgan fingerprint density at radius 1 is 1.22 bits per heavy atom. The number of carboxylic acids is 1. The molecule has 1 amide bonds. The number of aromatic nitrogens is 4. The van der Waals surface area contributed by atoms with Gasteiger partial charge in [0.1, 0.15) is 0 Å². The summed E-state index contributed by atoms with van der Waals surface area (Å²) in [6.07, 6.45) is 1.82. The number of hydrogen-bond donors (Lipinski definition) is 3. The molecular weight excluding hydrogens is 348 g/mol. The fourth-order valence-electron chi connectivity index (χ4n) is 3.55. The molecule has 3 rings (SSSR count). The van der Waals surface area contributed by atoms with E-state index in [-0.39, 0.29) is 30.6 Å². The molecule has 0 bridgehead atoms. The third-order valence-electron chi connectivity index (χ3n) is 5.02. The number of carbonyl (C=O) groups excluding carboxylic acids is 1. The van der Waals surface area contributed by atoms with Gasteiger partial charge in [-0.1, -0.05) is 0 Å². The lowest BCUT2D eigenvalue weighted by Gasteiger charge is -2.31. The Morgan fingerprint density at radius 3 is 2.44 bits per heavy atom. The molecule has 0 radical (unpaired) electrons. The molecule has 1 aliphatic rings. The van der Waals surface area contributed by atoms with Gasteiger partial charge in [0.25, 0.3) is 0 Å². The molecule has 1 saturated heterocycles. The van der Waals surface area contributed by atoms with Gasteiger partial charge in [0.15, 0.2) is 0 Å². The van der Waals surface area contributed by atoms with E-state index in [0.717, 1.165) is 35.5 Å². The standard InChI is InChI=1S/C18H24N6O3/c1-10-14(11(2)21-18(19)20-10)9-16(25)24-5-3-12(4-6-24)15-7-13(22-23-15)8-17(26)27/h7,12H,3-6,8-9H2,1-2H3,(H,22,23)(H,26,27)(H2,19,20,21). The van der Waals surface area contributed by atoms with Crippen LogP contribution >= 0.6 is 0 Å². The number of anilines is 1. The molecule has 0 atom stereocenters. The number of aryl methyl sites for hydroxylation is 2. The van der Waals surface area contributed by atoms with Gasteiger partial charge in [-0.3, -0.25) is 14.7 Å². The van der Waals surface area contributed by atoms with E-state index in [0.29, 0.717) is 18.8 Å². The molecule has 3 heterocycles. The molecule has 27 heavy (non-hydrogen) atoms. The second kappa shape index (κ2) is 7.73. The van der Waals surface area contributed by atoms with E-state index in [4.69, 9.17) is 10.8 Å². The van der Waals surface area contributed by atoms with Crippen molar-refractivity contribution in [2.45, 2.75) is 45.4 Å². The fourth-order valence-corrected chi connectivity index (χ4v) is 3.55. The van der Waals surface area contributed by atoms with Crippen LogP contribution in [0, 0.1) is 13.8 Å². The Hall–Kier alpha value is -2.97. The predicted octanol–water partition coefficient (Wildman–Crippen LogP) is 0.975. The van der Waals surface area contributed by atoms with Crippen molar-refractivity contribution in [1.29, 1.82) is 0 Å². The van der Waals surface area contributed by atoms with Crippen LogP contribution in [-0.2, 0) is 22.4 Å². The molecule has 4 N–H and O–H groups in total. The number of aliphatic carboxylic acids is 1. The molecule has 0 saturated carbocycles. The third-order valence-corrected chi connectivity index (χ3v) is 5.02. The van der Waals surface area contributed by atoms with Crippen molar-refractivity contribution in [3.8, 4) is 0 Å². The summed E-state index contributed by atoms with van der Waals surface area (Å²) in [6, 6.07) is 1.81. The summed E-state index contributed by atoms with van der Waals surface area (Å²) in [4.78, 5) is 33.6. The summed E-state index contributed by atoms with van der Waals surface area (Å²) in [5.74, 6) is -0.371. The number of carbonyl (C=O) groups is 2. The van der Waals surface area contributed by atoms with E-state index in [1.165, 1.54) is 0 Å². The highest BCUT2D eigenvalue weighted by Gasteiger charge is 2.26. The van der Waals surface area contributed by atoms with Crippen LogP contribution in [0.5, 0.6) is 0 Å². The van der Waals surface area contributed by atoms with Crippen molar-refractivity contribution in [3.05, 3.63) is 34.4 Å². The Balaban J connectivity index is 1.58. The van der Waals surface area contributed by atoms with E-state index >= 15 is 0 Å². The first-order chi connectivity index (χ1) is 12.8. The van der Waals surface area contributed by atoms with Gasteiger partial charge in [0.05, 0.1) is 18.5 Å². The number of piperidine rings is 1. The monoisotopic (exact) mass is 372 g/mol. The number of amides is 1. The molecule has 0 unspecified atom stereocenters. The van der Waals surface area contributed by atoms with Crippen LogP contribution in [0.3, 0.4) is 0 Å². The zero-order valence-electron chi connectivity index (χ0n) is 15.5. The summed E-state index contributed by atoms with van der Waals surface area (Å²) in [5.41, 5.74) is 9.43. The number of aromatic amines is 1. The van der Waals surface area contributed by atoms with E-state index in [1.807, 2.05) is 24.8 Å². The van der Waals surface area contributed by atoms with Gasteiger partial charge in [-0.15, -0.1) is 0 Å². The lowest BCUT2D eigenvalue weighted by Crippen LogP contribution is -2.39. The highest BCUT2D eigenvalue weighted by Crippen LogP contribution is 2.27. The molecule has 1 fully saturated rings. The molecule has 9 heteroatoms. The predicted molar refractivity (Wildman–Crippen MR) is 98.1 cm³/mol. The molecule has 0 aliphatic carbocycles. The number of hydrogen-bond acceptors (Lipinski definition) is 6. The zero-order chi connectivity index (χ0) is 19.6. The summed E-state index contributed by atoms with van der Waals surface area (Å²) in [7, 11) is 0. The molecule has 144 valence electrons. The molecular formula is C18H24N6O3. The molecule has 2 aromatic heterocycles. The first-order valence-corrected chi connectivity index (χ1v) is 8.96. The van der Waals surface area contributed by atoms with Crippen LogP contribution in [0.2, 0.25) is 0 Å². The summed E-state index contributed by atoms with van der Waals surface area (Å²) in [5, 5.41) is 15.9. The van der Waals surface area contributed by atoms with Crippen LogP contribution in [0.15, 0.2) is 6.07 Å². The first kappa shape index (κ1) is 18.8. The number of likely N-dealkylation sites (tertiary alicyclic amines) is 1. The Morgan fingerprint density at radius 2 is 1.85 bits per heavy atom. The van der Waals surface area contributed by atoms with Gasteiger partial charge >= 0.3 is 5.97 Å². The van der Waals surface area contributed by atoms with Gasteiger partial charge in [-0.25, -0.2) is 9.97 Å². The van der Waals surface area contributed by atoms with Gasteiger partial charge in [-0.2, -0.15) is 5.10 Å². The van der Waals surface area contributed by atoms with Crippen LogP contribution in [-0.4, -0.2) is 55.1 Å². The van der Waals surface area contributed by atoms with E-state index < -0.39 is 5.97 Å². The fraction of sp³-hybridized carbons (Fsp3) is 0.500. The summed E-state index contributed by atoms with van der Waals surface area (Å²) < 4.78 is 0. The maximum Gasteiger partial charge on any atom is 0.309 e. The Kier molecular flexibility index (Phi) is 5.38. The Labute approximate surface area is 157 Å². The van der Waals surface area contributed by atoms with Gasteiger partial charge in [0, 0.05) is 41.7 Å². The molecule has 9 nitrogen and oxygen atoms in total. The van der Waals surface area contributed by atoms with Crippen molar-refractivity contribution in [3.63, 3.8) is 0 Å². The maximum absolute atomic E-state index is 12.7. The Bertz CT molecular complexity index is 832. The minimum Gasteiger partial charge on any atom is -0.481 e. The molecule has 1 aliphatic heterocycles. The smallest absolute Gasteiger partial charge is 0.309 e. The second-order valence-electron chi connectivity index (χ2n) is 6.95. The summed E-state index contributed by atoms with van der Waals surface area (Å²) in [6.45, 7) is 4.98. The van der Waals surface area contributed by atoms with Crippen LogP contribution < -0.4 is 5.73 Å². The number of nitrogens with two attached hydrogens (primary N) is 1. The number of nitrogens with one attached hydrogen (secondary N) is 1. The SMILES string of the molecule is Cc1nc(N)nc(C)c1CC(=O)N1CCC(c2cc(CC(=O)O)[nH]n2)CC1. The van der Waals surface area contributed by atoms with Gasteiger partial charge in [0.2, 0.25) is 11.9 Å². The average molecular weight is 372 g/mol. The summed E-state index contributed by atoms with van der Waals surface area (Å²) >= 11 is 0. The van der Waals surface area contributed by atoms with Crippen molar-refractivity contribution >= 4 is 17.8 Å². The number of nitrogen functional groups attached to an aromatic ring is 1. The second-order valence-corrected chi connectivity index (χ2v) is 6.95. The van der Waals surface area contributed by atoms with Crippen LogP contribution in [0.4, 0.5) is 5.95 Å². The molecule has 2 aromatic rings. The minimum absolute atomic E-state index is 0.0571. The lowest BCUT2D eigenvalue weighted by atomic mass is 9.93. The zero-order valence-corrected chi connectivity index (χ0v) is 15.5. The van der Waals surface area contributed by atoms with Crippen molar-refractivity contribution < 1.29 is 14.7 Å². The van der Waals surface area contributed by atoms with Crippen LogP contribution in [0.1, 0.15) is 47.1 Å². The first-order valence-electron chi connectivity index (χ1n) is 8.96. The number of H-pyrrole nitrogens is 1. The highest BCUT2D eigenvalue weighted by molar-refractivity contribution is 5.79. The van der Waals surface area contributed by atoms with E-state index in [1.54, 1.807) is 0 Å². The highest BCUT2D eigenvalue weighted by atomic mass is 16.4. The topological polar surface area (TPSA) is 138 Å². The average Bonchev–Trinajstić information content (AvgIpc) is 3.05. The number of carboxylic acid groups (broad SMARTS) is 1. The van der Waals surface area contributed by atoms with Gasteiger partial charge in [-0.05, 0) is 32.8 Å². The molecule has 0 aromatic carbocycles. The largest absolute Gasteiger partial charge is 0.481 e. The molecule has 0 spiro atoms. The van der Waals surface area contributed by atoms with Crippen molar-refractivity contribution in [2.75, 3.05) is 18.8 Å². The number of nitrogens with zero attached hydrogens (tertiary/aromatic N) is 4. The van der Waals surface area contributed by atoms with Crippen molar-refractivity contribution in [2.24, 2.45) is 0 Å². The quantitative estimate of drug-likeness (QED) is 0.711. The van der Waals surface area contributed by atoms with Crippen molar-refractivity contribution in [1.82, 2.24) is 25.1 Å². The van der Waals surface area contributed by atoms with E-state index in [9.17, 15) is 9.59 Å². The number of rotatable bonds is 5. The maximum atomic E-state index is 12.7. The lowest BCUT2D eigenvalue weighted by molar-refractivity contribution is -0.136. The normalized spacial score (nSPS) is 15.1. The third kappa shape index (κ3) is 4.42. The van der Waals surface area contributed by atoms with Crippen LogP contribution in [0.25, 0.3) is 0 Å².